The van der Waals surface area contributed by atoms with E-state index in [-0.39, 0.29) is 48.6 Å². The summed E-state index contributed by atoms with van der Waals surface area (Å²) in [5.41, 5.74) is 1.77. The second-order valence-electron chi connectivity index (χ2n) is 15.1. The van der Waals surface area contributed by atoms with Gasteiger partial charge in [0.05, 0.1) is 38.0 Å². The Balaban J connectivity index is 0.000000236. The third-order valence-corrected chi connectivity index (χ3v) is 10.1. The molecule has 0 spiro atoms. The van der Waals surface area contributed by atoms with Crippen molar-refractivity contribution in [1.29, 1.82) is 0 Å². The molecule has 2 aromatic carbocycles. The molecule has 0 aromatic heterocycles. The number of likely N-dealkylation sites (tertiary alicyclic amines) is 2. The van der Waals surface area contributed by atoms with Gasteiger partial charge in [0, 0.05) is 61.7 Å². The van der Waals surface area contributed by atoms with Gasteiger partial charge in [0.15, 0.2) is 0 Å². The van der Waals surface area contributed by atoms with Gasteiger partial charge in [0.2, 0.25) is 11.8 Å². The minimum absolute atomic E-state index is 0. The van der Waals surface area contributed by atoms with Gasteiger partial charge in [0.1, 0.15) is 5.60 Å². The van der Waals surface area contributed by atoms with Crippen LogP contribution in [0.1, 0.15) is 70.4 Å². The fraction of sp³-hybridized carbons (Fsp3) is 0.615. The molecule has 10 nitrogen and oxygen atoms in total. The minimum Gasteiger partial charge on any atom is -0.444 e. The highest BCUT2D eigenvalue weighted by molar-refractivity contribution is 6.30. The standard InChI is InChI=1S/C22H31ClN2O4.C17H23ClN2O2.ClH/c1-22(2,3)29-21(27)25-14-19(13-24-11-5-4-6-20(24)26)28-15-18(25)12-16-7-9-17(23)10-8-16;18-14-6-4-13(5-7-14)9-15-12-22-16(10-19-15)11-20-8-2-1-3-17(20)21;/h7-10,18-19H,4-6,11-15H2,1-3H3;4-7,15-16,19H,1-3,8-12H2;1H/t18-,19-;15-,16+;/m00./s1. The van der Waals surface area contributed by atoms with E-state index in [1.807, 2.05) is 67.0 Å². The summed E-state index contributed by atoms with van der Waals surface area (Å²) in [6.45, 7) is 10.8. The molecule has 6 rings (SSSR count). The lowest BCUT2D eigenvalue weighted by Crippen LogP contribution is -2.57. The van der Waals surface area contributed by atoms with E-state index in [1.165, 1.54) is 5.56 Å². The molecule has 52 heavy (non-hydrogen) atoms. The number of nitrogens with zero attached hydrogens (tertiary/aromatic N) is 3. The first-order valence-electron chi connectivity index (χ1n) is 18.4. The number of morpholine rings is 2. The number of piperidine rings is 2. The van der Waals surface area contributed by atoms with E-state index in [0.29, 0.717) is 56.6 Å². The first-order valence-corrected chi connectivity index (χ1v) is 19.2. The quantitative estimate of drug-likeness (QED) is 0.324. The van der Waals surface area contributed by atoms with Crippen molar-refractivity contribution in [3.05, 3.63) is 69.7 Å². The second-order valence-corrected chi connectivity index (χ2v) is 15.9. The van der Waals surface area contributed by atoms with Crippen molar-refractivity contribution >= 4 is 53.5 Å². The maximum atomic E-state index is 12.9. The normalized spacial score (nSPS) is 24.1. The van der Waals surface area contributed by atoms with Crippen LogP contribution in [0, 0.1) is 0 Å². The maximum Gasteiger partial charge on any atom is 0.410 e. The molecule has 3 amide bonds. The Kier molecular flexibility index (Phi) is 16.4. The highest BCUT2D eigenvalue weighted by Crippen LogP contribution is 2.23. The third kappa shape index (κ3) is 13.4. The first-order chi connectivity index (χ1) is 24.4. The van der Waals surface area contributed by atoms with Gasteiger partial charge in [-0.2, -0.15) is 0 Å². The Morgan fingerprint density at radius 3 is 1.81 bits per heavy atom. The highest BCUT2D eigenvalue weighted by atomic mass is 35.5. The van der Waals surface area contributed by atoms with Gasteiger partial charge in [-0.25, -0.2) is 4.79 Å². The lowest BCUT2D eigenvalue weighted by atomic mass is 10.0. The molecule has 13 heteroatoms. The van der Waals surface area contributed by atoms with Crippen LogP contribution < -0.4 is 5.32 Å². The van der Waals surface area contributed by atoms with Crippen molar-refractivity contribution in [2.75, 3.05) is 52.5 Å². The SMILES string of the molecule is CC(C)(C)OC(=O)N1C[C@H](CN2CCCCC2=O)OC[C@@H]1Cc1ccc(Cl)cc1.Cl.O=C1CCCCN1C[C@H]1CN[C@@H](Cc2ccc(Cl)cc2)CO1. The molecule has 0 radical (unpaired) electrons. The Morgan fingerprint density at radius 2 is 1.31 bits per heavy atom. The van der Waals surface area contributed by atoms with Gasteiger partial charge in [-0.1, -0.05) is 47.5 Å². The Labute approximate surface area is 325 Å². The van der Waals surface area contributed by atoms with Gasteiger partial charge in [-0.3, -0.25) is 14.5 Å². The fourth-order valence-electron chi connectivity index (χ4n) is 6.90. The Bertz CT molecular complexity index is 1430. The fourth-order valence-corrected chi connectivity index (χ4v) is 7.15. The molecule has 2 aromatic rings. The van der Waals surface area contributed by atoms with Crippen LogP contribution in [-0.2, 0) is 36.6 Å². The molecule has 4 fully saturated rings. The van der Waals surface area contributed by atoms with Crippen LogP contribution in [0.15, 0.2) is 48.5 Å². The smallest absolute Gasteiger partial charge is 0.410 e. The predicted molar refractivity (Wildman–Crippen MR) is 206 cm³/mol. The van der Waals surface area contributed by atoms with E-state index < -0.39 is 5.60 Å². The summed E-state index contributed by atoms with van der Waals surface area (Å²) in [5.74, 6) is 0.449. The summed E-state index contributed by atoms with van der Waals surface area (Å²) >= 11 is 11.9. The second kappa shape index (κ2) is 20.2. The summed E-state index contributed by atoms with van der Waals surface area (Å²) < 4.78 is 17.7. The summed E-state index contributed by atoms with van der Waals surface area (Å²) in [6, 6.07) is 15.8. The van der Waals surface area contributed by atoms with Crippen LogP contribution >= 0.6 is 35.6 Å². The average Bonchev–Trinajstić information content (AvgIpc) is 3.10. The van der Waals surface area contributed by atoms with Gasteiger partial charge < -0.3 is 29.3 Å². The molecule has 4 heterocycles. The molecule has 4 atom stereocenters. The monoisotopic (exact) mass is 780 g/mol. The van der Waals surface area contributed by atoms with Gasteiger partial charge in [-0.05, 0) is 94.7 Å². The molecule has 288 valence electrons. The number of rotatable bonds is 8. The molecular weight excluding hydrogens is 727 g/mol. The zero-order chi connectivity index (χ0) is 36.4. The molecule has 4 aliphatic rings. The van der Waals surface area contributed by atoms with Crippen molar-refractivity contribution in [3.63, 3.8) is 0 Å². The number of nitrogens with one attached hydrogen (secondary N) is 1. The Hall–Kier alpha value is -2.60. The van der Waals surface area contributed by atoms with E-state index in [1.54, 1.807) is 4.90 Å². The van der Waals surface area contributed by atoms with E-state index in [9.17, 15) is 14.4 Å². The topological polar surface area (TPSA) is 101 Å². The van der Waals surface area contributed by atoms with Gasteiger partial charge in [-0.15, -0.1) is 12.4 Å². The molecule has 0 unspecified atom stereocenters. The summed E-state index contributed by atoms with van der Waals surface area (Å²) in [7, 11) is 0. The average molecular weight is 782 g/mol. The summed E-state index contributed by atoms with van der Waals surface area (Å²) in [6.07, 6.45) is 6.58. The number of hydrogen-bond donors (Lipinski definition) is 1. The van der Waals surface area contributed by atoms with Crippen LogP contribution in [0.2, 0.25) is 10.0 Å². The van der Waals surface area contributed by atoms with E-state index in [2.05, 4.69) is 17.4 Å². The summed E-state index contributed by atoms with van der Waals surface area (Å²) in [4.78, 5) is 42.5. The highest BCUT2D eigenvalue weighted by Gasteiger charge is 2.36. The first kappa shape index (κ1) is 42.1. The largest absolute Gasteiger partial charge is 0.444 e. The molecule has 0 aliphatic carbocycles. The zero-order valence-corrected chi connectivity index (χ0v) is 33.0. The molecule has 0 bridgehead atoms. The van der Waals surface area contributed by atoms with Crippen molar-refractivity contribution in [3.8, 4) is 0 Å². The molecular formula is C39H55Cl3N4O6. The van der Waals surface area contributed by atoms with Gasteiger partial charge >= 0.3 is 6.09 Å². The van der Waals surface area contributed by atoms with E-state index >= 15 is 0 Å². The predicted octanol–water partition coefficient (Wildman–Crippen LogP) is 6.57. The van der Waals surface area contributed by atoms with E-state index in [0.717, 1.165) is 68.9 Å². The molecule has 1 N–H and O–H groups in total. The zero-order valence-electron chi connectivity index (χ0n) is 30.7. The maximum absolute atomic E-state index is 12.9. The van der Waals surface area contributed by atoms with Crippen LogP contribution in [0.3, 0.4) is 0 Å². The van der Waals surface area contributed by atoms with Crippen LogP contribution in [0.4, 0.5) is 4.79 Å². The lowest BCUT2D eigenvalue weighted by Gasteiger charge is -2.42. The number of hydrogen-bond acceptors (Lipinski definition) is 7. The van der Waals surface area contributed by atoms with Crippen LogP contribution in [0.25, 0.3) is 0 Å². The third-order valence-electron chi connectivity index (χ3n) is 9.63. The molecule has 4 aliphatic heterocycles. The van der Waals surface area contributed by atoms with Crippen LogP contribution in [0.5, 0.6) is 0 Å². The molecule has 4 saturated heterocycles. The number of benzene rings is 2. The van der Waals surface area contributed by atoms with Crippen molar-refractivity contribution in [1.82, 2.24) is 20.0 Å². The van der Waals surface area contributed by atoms with Crippen molar-refractivity contribution < 1.29 is 28.6 Å². The lowest BCUT2D eigenvalue weighted by molar-refractivity contribution is -0.138. The van der Waals surface area contributed by atoms with Gasteiger partial charge in [0.25, 0.3) is 0 Å². The summed E-state index contributed by atoms with van der Waals surface area (Å²) in [5, 5.41) is 4.99. The van der Waals surface area contributed by atoms with Crippen LogP contribution in [-0.4, -0.2) is 115 Å². The number of carbonyl (C=O) groups excluding carboxylic acids is 3. The Morgan fingerprint density at radius 1 is 0.788 bits per heavy atom. The number of carbonyl (C=O) groups is 3. The minimum atomic E-state index is -0.571. The van der Waals surface area contributed by atoms with Crippen molar-refractivity contribution in [2.45, 2.75) is 102 Å². The van der Waals surface area contributed by atoms with E-state index in [4.69, 9.17) is 37.4 Å². The number of ether oxygens (including phenoxy) is 3. The number of halogens is 3. The number of amides is 3. The van der Waals surface area contributed by atoms with Crippen molar-refractivity contribution in [2.24, 2.45) is 0 Å². The molecule has 0 saturated carbocycles.